The van der Waals surface area contributed by atoms with Gasteiger partial charge in [-0.25, -0.2) is 0 Å². The van der Waals surface area contributed by atoms with E-state index in [1.165, 1.54) is 44.3 Å². The standard InChI is InChI=1S/C9H18S/c1-2-3-8-10-9-6-4-5-7-9/h9H,2-8H2,1H3. The molecule has 1 aliphatic carbocycles. The molecule has 60 valence electrons. The summed E-state index contributed by atoms with van der Waals surface area (Å²) < 4.78 is 0. The topological polar surface area (TPSA) is 0 Å². The van der Waals surface area contributed by atoms with Gasteiger partial charge in [0.1, 0.15) is 0 Å². The van der Waals surface area contributed by atoms with Crippen LogP contribution in [0.5, 0.6) is 0 Å². The van der Waals surface area contributed by atoms with Crippen molar-refractivity contribution < 1.29 is 0 Å². The molecule has 0 N–H and O–H groups in total. The molecule has 0 aromatic rings. The zero-order valence-electron chi connectivity index (χ0n) is 6.94. The Morgan fingerprint density at radius 2 is 2.00 bits per heavy atom. The fourth-order valence-corrected chi connectivity index (χ4v) is 2.90. The highest BCUT2D eigenvalue weighted by atomic mass is 32.2. The first-order valence-corrected chi connectivity index (χ1v) is 5.60. The Kier molecular flexibility index (Phi) is 4.27. The van der Waals surface area contributed by atoms with Crippen molar-refractivity contribution in [3.05, 3.63) is 0 Å². The monoisotopic (exact) mass is 158 g/mol. The third-order valence-corrected chi connectivity index (χ3v) is 3.62. The van der Waals surface area contributed by atoms with Crippen LogP contribution in [0.3, 0.4) is 0 Å². The van der Waals surface area contributed by atoms with Gasteiger partial charge < -0.3 is 0 Å². The Hall–Kier alpha value is 0.350. The molecule has 0 nitrogen and oxygen atoms in total. The van der Waals surface area contributed by atoms with Crippen molar-refractivity contribution in [1.82, 2.24) is 0 Å². The van der Waals surface area contributed by atoms with Crippen LogP contribution in [0.1, 0.15) is 45.4 Å². The summed E-state index contributed by atoms with van der Waals surface area (Å²) in [6.07, 6.45) is 8.75. The molecule has 0 radical (unpaired) electrons. The predicted molar refractivity (Wildman–Crippen MR) is 49.6 cm³/mol. The molecule has 0 bridgehead atoms. The molecule has 0 aromatic heterocycles. The molecule has 10 heavy (non-hydrogen) atoms. The van der Waals surface area contributed by atoms with E-state index in [1.54, 1.807) is 0 Å². The molecule has 0 amide bonds. The molecule has 0 saturated heterocycles. The second kappa shape index (κ2) is 5.06. The molecule has 1 fully saturated rings. The molecule has 0 unspecified atom stereocenters. The number of thioether (sulfide) groups is 1. The maximum absolute atomic E-state index is 2.27. The van der Waals surface area contributed by atoms with Crippen molar-refractivity contribution in [3.63, 3.8) is 0 Å². The largest absolute Gasteiger partial charge is 0.159 e. The number of hydrogen-bond acceptors (Lipinski definition) is 1. The Balaban J connectivity index is 1.91. The molecule has 0 atom stereocenters. The van der Waals surface area contributed by atoms with Gasteiger partial charge in [-0.15, -0.1) is 0 Å². The van der Waals surface area contributed by atoms with E-state index < -0.39 is 0 Å². The highest BCUT2D eigenvalue weighted by Crippen LogP contribution is 2.29. The van der Waals surface area contributed by atoms with Crippen LogP contribution < -0.4 is 0 Å². The van der Waals surface area contributed by atoms with Gasteiger partial charge in [0.2, 0.25) is 0 Å². The summed E-state index contributed by atoms with van der Waals surface area (Å²) in [4.78, 5) is 0. The second-order valence-electron chi connectivity index (χ2n) is 3.13. The average Bonchev–Trinajstić information content (AvgIpc) is 2.41. The number of unbranched alkanes of at least 4 members (excludes halogenated alkanes) is 1. The lowest BCUT2D eigenvalue weighted by atomic mass is 10.4. The summed E-state index contributed by atoms with van der Waals surface area (Å²) in [5.74, 6) is 1.40. The molecule has 0 heterocycles. The van der Waals surface area contributed by atoms with Crippen molar-refractivity contribution >= 4 is 11.8 Å². The summed E-state index contributed by atoms with van der Waals surface area (Å²) in [5, 5.41) is 1.03. The smallest absolute Gasteiger partial charge is 0.00470 e. The van der Waals surface area contributed by atoms with Crippen molar-refractivity contribution in [2.45, 2.75) is 50.7 Å². The Morgan fingerprint density at radius 1 is 1.30 bits per heavy atom. The van der Waals surface area contributed by atoms with E-state index in [-0.39, 0.29) is 0 Å². The fourth-order valence-electron chi connectivity index (χ4n) is 1.45. The Labute approximate surface area is 68.8 Å². The third-order valence-electron chi connectivity index (χ3n) is 2.15. The van der Waals surface area contributed by atoms with Gasteiger partial charge >= 0.3 is 0 Å². The van der Waals surface area contributed by atoms with Crippen LogP contribution in [0.2, 0.25) is 0 Å². The van der Waals surface area contributed by atoms with E-state index >= 15 is 0 Å². The molecular formula is C9H18S. The highest BCUT2D eigenvalue weighted by Gasteiger charge is 2.13. The maximum Gasteiger partial charge on any atom is 0.00470 e. The first-order valence-electron chi connectivity index (χ1n) is 4.55. The molecule has 0 aliphatic heterocycles. The van der Waals surface area contributed by atoms with Crippen molar-refractivity contribution in [1.29, 1.82) is 0 Å². The van der Waals surface area contributed by atoms with E-state index in [1.807, 2.05) is 0 Å². The van der Waals surface area contributed by atoms with Crippen LogP contribution in [-0.4, -0.2) is 11.0 Å². The first-order chi connectivity index (χ1) is 4.93. The van der Waals surface area contributed by atoms with Crippen LogP contribution in [0.15, 0.2) is 0 Å². The molecule has 1 aliphatic rings. The summed E-state index contributed by atoms with van der Waals surface area (Å²) in [6.45, 7) is 2.27. The van der Waals surface area contributed by atoms with Crippen LogP contribution in [0.4, 0.5) is 0 Å². The quantitative estimate of drug-likeness (QED) is 0.565. The number of rotatable bonds is 4. The van der Waals surface area contributed by atoms with E-state index in [0.29, 0.717) is 0 Å². The minimum atomic E-state index is 1.03. The molecule has 1 saturated carbocycles. The summed E-state index contributed by atoms with van der Waals surface area (Å²) in [7, 11) is 0. The van der Waals surface area contributed by atoms with E-state index in [2.05, 4.69) is 18.7 Å². The minimum Gasteiger partial charge on any atom is -0.159 e. The fraction of sp³-hybridized carbons (Fsp3) is 1.00. The lowest BCUT2D eigenvalue weighted by Crippen LogP contribution is -1.94. The molecule has 0 aromatic carbocycles. The zero-order chi connectivity index (χ0) is 7.23. The second-order valence-corrected chi connectivity index (χ2v) is 4.54. The SMILES string of the molecule is CCCCSC1CCCC1. The van der Waals surface area contributed by atoms with Crippen molar-refractivity contribution in [2.24, 2.45) is 0 Å². The predicted octanol–water partition coefficient (Wildman–Crippen LogP) is 3.46. The van der Waals surface area contributed by atoms with Crippen LogP contribution in [-0.2, 0) is 0 Å². The highest BCUT2D eigenvalue weighted by molar-refractivity contribution is 7.99. The molecular weight excluding hydrogens is 140 g/mol. The van der Waals surface area contributed by atoms with Gasteiger partial charge in [0.05, 0.1) is 0 Å². The van der Waals surface area contributed by atoms with Gasteiger partial charge in [0.25, 0.3) is 0 Å². The van der Waals surface area contributed by atoms with Crippen molar-refractivity contribution in [3.8, 4) is 0 Å². The van der Waals surface area contributed by atoms with E-state index in [0.717, 1.165) is 5.25 Å². The van der Waals surface area contributed by atoms with Crippen molar-refractivity contribution in [2.75, 3.05) is 5.75 Å². The number of hydrogen-bond donors (Lipinski definition) is 0. The van der Waals surface area contributed by atoms with Gasteiger partial charge in [-0.2, -0.15) is 11.8 Å². The third kappa shape index (κ3) is 2.96. The van der Waals surface area contributed by atoms with Crippen LogP contribution >= 0.6 is 11.8 Å². The maximum atomic E-state index is 2.27. The van der Waals surface area contributed by atoms with Gasteiger partial charge in [-0.3, -0.25) is 0 Å². The molecule has 0 spiro atoms. The minimum absolute atomic E-state index is 1.03. The summed E-state index contributed by atoms with van der Waals surface area (Å²) in [5.41, 5.74) is 0. The van der Waals surface area contributed by atoms with Crippen LogP contribution in [0.25, 0.3) is 0 Å². The Morgan fingerprint density at radius 3 is 2.60 bits per heavy atom. The zero-order valence-corrected chi connectivity index (χ0v) is 7.75. The van der Waals surface area contributed by atoms with Gasteiger partial charge in [-0.1, -0.05) is 26.2 Å². The normalized spacial score (nSPS) is 20.1. The average molecular weight is 158 g/mol. The van der Waals surface area contributed by atoms with Gasteiger partial charge in [0.15, 0.2) is 0 Å². The molecule has 1 heteroatoms. The first kappa shape index (κ1) is 8.45. The summed E-state index contributed by atoms with van der Waals surface area (Å²) in [6, 6.07) is 0. The van der Waals surface area contributed by atoms with Gasteiger partial charge in [0, 0.05) is 5.25 Å². The Bertz CT molecular complexity index is 74.8. The van der Waals surface area contributed by atoms with Crippen LogP contribution in [0, 0.1) is 0 Å². The summed E-state index contributed by atoms with van der Waals surface area (Å²) >= 11 is 2.21. The molecule has 1 rings (SSSR count). The lowest BCUT2D eigenvalue weighted by Gasteiger charge is -2.06. The van der Waals surface area contributed by atoms with E-state index in [9.17, 15) is 0 Å². The lowest BCUT2D eigenvalue weighted by molar-refractivity contribution is 0.872. The van der Waals surface area contributed by atoms with E-state index in [4.69, 9.17) is 0 Å². The van der Waals surface area contributed by atoms with Gasteiger partial charge in [-0.05, 0) is 25.0 Å².